The van der Waals surface area contributed by atoms with Gasteiger partial charge in [-0.15, -0.1) is 12.3 Å². The molecule has 0 aromatic heterocycles. The van der Waals surface area contributed by atoms with E-state index in [1.165, 1.54) is 0 Å². The van der Waals surface area contributed by atoms with Gasteiger partial charge in [-0.05, 0) is 6.42 Å². The van der Waals surface area contributed by atoms with Gasteiger partial charge in [-0.3, -0.25) is 4.90 Å². The molecule has 104 valence electrons. The Bertz CT molecular complexity index is 369. The summed E-state index contributed by atoms with van der Waals surface area (Å²) in [6.45, 7) is 6.21. The van der Waals surface area contributed by atoms with Crippen LogP contribution in [0.15, 0.2) is 0 Å². The van der Waals surface area contributed by atoms with Gasteiger partial charge in [0.2, 0.25) is 10.0 Å². The van der Waals surface area contributed by atoms with Crippen LogP contribution in [0.3, 0.4) is 0 Å². The second-order valence-electron chi connectivity index (χ2n) is 4.54. The molecule has 1 unspecified atom stereocenters. The van der Waals surface area contributed by atoms with Gasteiger partial charge >= 0.3 is 0 Å². The van der Waals surface area contributed by atoms with Crippen LogP contribution in [-0.4, -0.2) is 57.8 Å². The molecule has 18 heavy (non-hydrogen) atoms. The van der Waals surface area contributed by atoms with Gasteiger partial charge in [0.1, 0.15) is 0 Å². The number of rotatable bonds is 7. The van der Waals surface area contributed by atoms with Crippen LogP contribution in [0.5, 0.6) is 0 Å². The van der Waals surface area contributed by atoms with Crippen molar-refractivity contribution in [3.05, 3.63) is 0 Å². The Kier molecular flexibility index (Phi) is 6.65. The van der Waals surface area contributed by atoms with Gasteiger partial charge in [-0.1, -0.05) is 6.92 Å². The van der Waals surface area contributed by atoms with E-state index in [9.17, 15) is 8.42 Å². The van der Waals surface area contributed by atoms with Crippen molar-refractivity contribution in [3.63, 3.8) is 0 Å². The maximum Gasteiger partial charge on any atom is 0.213 e. The largest absolute Gasteiger partial charge is 0.314 e. The van der Waals surface area contributed by atoms with Gasteiger partial charge in [0.05, 0.1) is 5.75 Å². The predicted molar refractivity (Wildman–Crippen MR) is 73.8 cm³/mol. The van der Waals surface area contributed by atoms with Crippen molar-refractivity contribution >= 4 is 10.0 Å². The Hall–Kier alpha value is -0.610. The van der Waals surface area contributed by atoms with Crippen LogP contribution in [0.25, 0.3) is 0 Å². The fourth-order valence-corrected chi connectivity index (χ4v) is 3.28. The number of sulfonamides is 1. The van der Waals surface area contributed by atoms with Gasteiger partial charge in [-0.2, -0.15) is 0 Å². The summed E-state index contributed by atoms with van der Waals surface area (Å²) in [4.78, 5) is 2.16. The van der Waals surface area contributed by atoms with E-state index in [0.717, 1.165) is 32.6 Å². The van der Waals surface area contributed by atoms with E-state index in [2.05, 4.69) is 20.9 Å². The van der Waals surface area contributed by atoms with Crippen molar-refractivity contribution in [3.8, 4) is 12.3 Å². The molecule has 0 aromatic carbocycles. The number of hydrogen-bond acceptors (Lipinski definition) is 4. The Labute approximate surface area is 110 Å². The predicted octanol–water partition coefficient (Wildman–Crippen LogP) is -0.387. The highest BCUT2D eigenvalue weighted by molar-refractivity contribution is 7.89. The average Bonchev–Trinajstić information content (AvgIpc) is 2.37. The molecule has 1 atom stereocenters. The molecule has 1 saturated heterocycles. The van der Waals surface area contributed by atoms with Crippen LogP contribution >= 0.6 is 0 Å². The normalized spacial score (nSPS) is 19.3. The fraction of sp³-hybridized carbons (Fsp3) is 0.833. The number of nitrogens with zero attached hydrogens (tertiary/aromatic N) is 1. The summed E-state index contributed by atoms with van der Waals surface area (Å²) in [5.74, 6) is 2.65. The molecule has 6 heteroatoms. The highest BCUT2D eigenvalue weighted by Gasteiger charge is 2.18. The lowest BCUT2D eigenvalue weighted by Gasteiger charge is -2.27. The molecule has 1 heterocycles. The standard InChI is InChI=1S/C12H23N3O2S/c1-3-5-12(4-2)14-18(16,17)11-10-15-8-6-13-7-9-15/h1,12-14H,4-11H2,2H3. The van der Waals surface area contributed by atoms with Crippen LogP contribution in [0.1, 0.15) is 19.8 Å². The summed E-state index contributed by atoms with van der Waals surface area (Å²) in [6.07, 6.45) is 6.38. The molecule has 0 aromatic rings. The summed E-state index contributed by atoms with van der Waals surface area (Å²) in [6, 6.07) is -0.136. The molecule has 0 spiro atoms. The molecule has 1 aliphatic heterocycles. The smallest absolute Gasteiger partial charge is 0.213 e. The molecule has 0 saturated carbocycles. The van der Waals surface area contributed by atoms with E-state index in [0.29, 0.717) is 13.0 Å². The molecular formula is C12H23N3O2S. The van der Waals surface area contributed by atoms with Crippen LogP contribution in [0.4, 0.5) is 0 Å². The van der Waals surface area contributed by atoms with Gasteiger partial charge in [-0.25, -0.2) is 13.1 Å². The van der Waals surface area contributed by atoms with Gasteiger partial charge < -0.3 is 5.32 Å². The zero-order valence-corrected chi connectivity index (χ0v) is 11.8. The molecule has 0 bridgehead atoms. The lowest BCUT2D eigenvalue weighted by molar-refractivity contribution is 0.253. The fourth-order valence-electron chi connectivity index (χ4n) is 1.91. The Morgan fingerprint density at radius 1 is 1.44 bits per heavy atom. The summed E-state index contributed by atoms with van der Waals surface area (Å²) in [5, 5.41) is 3.24. The molecule has 5 nitrogen and oxygen atoms in total. The minimum absolute atomic E-state index is 0.136. The first-order chi connectivity index (χ1) is 8.57. The molecule has 0 aliphatic carbocycles. The zero-order chi connectivity index (χ0) is 13.4. The maximum absolute atomic E-state index is 11.9. The summed E-state index contributed by atoms with van der Waals surface area (Å²) < 4.78 is 26.5. The average molecular weight is 273 g/mol. The van der Waals surface area contributed by atoms with E-state index >= 15 is 0 Å². The van der Waals surface area contributed by atoms with Crippen LogP contribution in [-0.2, 0) is 10.0 Å². The Morgan fingerprint density at radius 2 is 2.11 bits per heavy atom. The molecule has 0 radical (unpaired) electrons. The van der Waals surface area contributed by atoms with Crippen molar-refractivity contribution in [1.29, 1.82) is 0 Å². The molecule has 1 rings (SSSR count). The first-order valence-electron chi connectivity index (χ1n) is 6.44. The third-order valence-corrected chi connectivity index (χ3v) is 4.50. The van der Waals surface area contributed by atoms with Crippen molar-refractivity contribution < 1.29 is 8.42 Å². The van der Waals surface area contributed by atoms with Gasteiger partial charge in [0.25, 0.3) is 0 Å². The molecule has 1 aliphatic rings. The Morgan fingerprint density at radius 3 is 2.67 bits per heavy atom. The summed E-state index contributed by atoms with van der Waals surface area (Å²) in [7, 11) is -3.22. The van der Waals surface area contributed by atoms with Crippen molar-refractivity contribution in [2.75, 3.05) is 38.5 Å². The van der Waals surface area contributed by atoms with E-state index in [1.54, 1.807) is 0 Å². The minimum atomic E-state index is -3.22. The quantitative estimate of drug-likeness (QED) is 0.620. The SMILES string of the molecule is C#CCC(CC)NS(=O)(=O)CCN1CCNCC1. The minimum Gasteiger partial charge on any atom is -0.314 e. The van der Waals surface area contributed by atoms with Crippen LogP contribution in [0.2, 0.25) is 0 Å². The summed E-state index contributed by atoms with van der Waals surface area (Å²) >= 11 is 0. The highest BCUT2D eigenvalue weighted by Crippen LogP contribution is 2.01. The number of nitrogens with one attached hydrogen (secondary N) is 2. The van der Waals surface area contributed by atoms with Gasteiger partial charge in [0.15, 0.2) is 0 Å². The third-order valence-electron chi connectivity index (χ3n) is 3.09. The second-order valence-corrected chi connectivity index (χ2v) is 6.42. The molecule has 0 amide bonds. The zero-order valence-electron chi connectivity index (χ0n) is 11.0. The molecular weight excluding hydrogens is 250 g/mol. The maximum atomic E-state index is 11.9. The van der Waals surface area contributed by atoms with E-state index in [1.807, 2.05) is 6.92 Å². The monoisotopic (exact) mass is 273 g/mol. The van der Waals surface area contributed by atoms with Crippen LogP contribution in [0, 0.1) is 12.3 Å². The number of piperazine rings is 1. The lowest BCUT2D eigenvalue weighted by Crippen LogP contribution is -2.46. The van der Waals surface area contributed by atoms with Crippen molar-refractivity contribution in [2.45, 2.75) is 25.8 Å². The Balaban J connectivity index is 2.36. The number of terminal acetylenes is 1. The van der Waals surface area contributed by atoms with E-state index in [-0.39, 0.29) is 11.8 Å². The topological polar surface area (TPSA) is 61.4 Å². The first kappa shape index (κ1) is 15.4. The van der Waals surface area contributed by atoms with Crippen molar-refractivity contribution in [1.82, 2.24) is 14.9 Å². The van der Waals surface area contributed by atoms with Crippen molar-refractivity contribution in [2.24, 2.45) is 0 Å². The van der Waals surface area contributed by atoms with E-state index in [4.69, 9.17) is 6.42 Å². The van der Waals surface area contributed by atoms with E-state index < -0.39 is 10.0 Å². The van der Waals surface area contributed by atoms with Crippen LogP contribution < -0.4 is 10.0 Å². The lowest BCUT2D eigenvalue weighted by atomic mass is 10.2. The summed E-state index contributed by atoms with van der Waals surface area (Å²) in [5.41, 5.74) is 0. The second kappa shape index (κ2) is 7.74. The molecule has 1 fully saturated rings. The third kappa shape index (κ3) is 5.83. The van der Waals surface area contributed by atoms with Gasteiger partial charge in [0, 0.05) is 45.2 Å². The highest BCUT2D eigenvalue weighted by atomic mass is 32.2. The molecule has 2 N–H and O–H groups in total. The number of hydrogen-bond donors (Lipinski definition) is 2. The first-order valence-corrected chi connectivity index (χ1v) is 8.09.